The molecule has 1 heterocycles. The zero-order valence-corrected chi connectivity index (χ0v) is 13.5. The largest absolute Gasteiger partial charge is 0.493 e. The Balaban J connectivity index is 1.87. The highest BCUT2D eigenvalue weighted by atomic mass is 16.5. The molecule has 2 rings (SSSR count). The van der Waals surface area contributed by atoms with Crippen LogP contribution in [0.25, 0.3) is 0 Å². The first-order valence-corrected chi connectivity index (χ1v) is 7.93. The molecule has 0 aliphatic carbocycles. The standard InChI is InChI=1S/C17H28N2O2/c1-4-15-8-11-19(12-9-18-15)10-7-14-5-6-16(20-2)17(13-14)21-3/h5-6,13,15,18H,4,7-12H2,1-3H3. The Kier molecular flexibility index (Phi) is 6.33. The Bertz CT molecular complexity index is 437. The molecule has 4 heteroatoms. The molecule has 1 unspecified atom stereocenters. The Morgan fingerprint density at radius 1 is 1.19 bits per heavy atom. The van der Waals surface area contributed by atoms with Crippen molar-refractivity contribution in [3.8, 4) is 11.5 Å². The molecule has 1 aromatic carbocycles. The number of benzene rings is 1. The summed E-state index contributed by atoms with van der Waals surface area (Å²) in [4.78, 5) is 2.55. The first-order chi connectivity index (χ1) is 10.3. The fourth-order valence-corrected chi connectivity index (χ4v) is 2.87. The van der Waals surface area contributed by atoms with Gasteiger partial charge in [-0.2, -0.15) is 0 Å². The molecule has 1 N–H and O–H groups in total. The fourth-order valence-electron chi connectivity index (χ4n) is 2.87. The highest BCUT2D eigenvalue weighted by molar-refractivity contribution is 5.42. The van der Waals surface area contributed by atoms with Gasteiger partial charge in [-0.3, -0.25) is 0 Å². The molecule has 118 valence electrons. The van der Waals surface area contributed by atoms with Crippen LogP contribution >= 0.6 is 0 Å². The minimum atomic E-state index is 0.691. The van der Waals surface area contributed by atoms with Crippen LogP contribution in [0, 0.1) is 0 Å². The van der Waals surface area contributed by atoms with Crippen LogP contribution in [0.15, 0.2) is 18.2 Å². The normalized spacial score (nSPS) is 20.0. The zero-order valence-electron chi connectivity index (χ0n) is 13.5. The zero-order chi connectivity index (χ0) is 15.1. The summed E-state index contributed by atoms with van der Waals surface area (Å²) in [6.07, 6.45) is 3.53. The highest BCUT2D eigenvalue weighted by Gasteiger charge is 2.14. The number of hydrogen-bond acceptors (Lipinski definition) is 4. The predicted octanol–water partition coefficient (Wildman–Crippen LogP) is 2.32. The fraction of sp³-hybridized carbons (Fsp3) is 0.647. The number of ether oxygens (including phenoxy) is 2. The monoisotopic (exact) mass is 292 g/mol. The van der Waals surface area contributed by atoms with Crippen LogP contribution < -0.4 is 14.8 Å². The quantitative estimate of drug-likeness (QED) is 0.872. The molecule has 0 spiro atoms. The first-order valence-electron chi connectivity index (χ1n) is 7.93. The summed E-state index contributed by atoms with van der Waals surface area (Å²) in [6.45, 7) is 6.80. The molecule has 1 saturated heterocycles. The van der Waals surface area contributed by atoms with E-state index in [0.717, 1.165) is 37.6 Å². The van der Waals surface area contributed by atoms with Gasteiger partial charge in [0, 0.05) is 25.7 Å². The molecular formula is C17H28N2O2. The number of nitrogens with zero attached hydrogens (tertiary/aromatic N) is 1. The van der Waals surface area contributed by atoms with Gasteiger partial charge in [-0.25, -0.2) is 0 Å². The lowest BCUT2D eigenvalue weighted by Gasteiger charge is -2.19. The third kappa shape index (κ3) is 4.61. The summed E-state index contributed by atoms with van der Waals surface area (Å²) in [6, 6.07) is 6.90. The second kappa shape index (κ2) is 8.25. The van der Waals surface area contributed by atoms with Crippen molar-refractivity contribution in [1.82, 2.24) is 10.2 Å². The van der Waals surface area contributed by atoms with E-state index in [4.69, 9.17) is 9.47 Å². The predicted molar refractivity (Wildman–Crippen MR) is 86.4 cm³/mol. The van der Waals surface area contributed by atoms with E-state index in [0.29, 0.717) is 6.04 Å². The molecule has 1 atom stereocenters. The number of methoxy groups -OCH3 is 2. The van der Waals surface area contributed by atoms with Crippen LogP contribution in [-0.2, 0) is 6.42 Å². The van der Waals surface area contributed by atoms with Gasteiger partial charge in [-0.1, -0.05) is 13.0 Å². The lowest BCUT2D eigenvalue weighted by Crippen LogP contribution is -2.31. The molecule has 0 aromatic heterocycles. The molecule has 1 fully saturated rings. The van der Waals surface area contributed by atoms with E-state index in [1.165, 1.54) is 24.9 Å². The maximum Gasteiger partial charge on any atom is 0.160 e. The number of nitrogens with one attached hydrogen (secondary N) is 1. The van der Waals surface area contributed by atoms with Crippen molar-refractivity contribution >= 4 is 0 Å². The van der Waals surface area contributed by atoms with Gasteiger partial charge in [0.05, 0.1) is 14.2 Å². The molecule has 0 amide bonds. The minimum Gasteiger partial charge on any atom is -0.493 e. The van der Waals surface area contributed by atoms with Crippen LogP contribution in [0.1, 0.15) is 25.3 Å². The van der Waals surface area contributed by atoms with Crippen molar-refractivity contribution in [2.24, 2.45) is 0 Å². The summed E-state index contributed by atoms with van der Waals surface area (Å²) in [5, 5.41) is 3.61. The van der Waals surface area contributed by atoms with E-state index in [-0.39, 0.29) is 0 Å². The Hall–Kier alpha value is -1.26. The van der Waals surface area contributed by atoms with Crippen molar-refractivity contribution in [3.05, 3.63) is 23.8 Å². The molecule has 1 aliphatic heterocycles. The molecule has 1 aliphatic rings. The lowest BCUT2D eigenvalue weighted by molar-refractivity contribution is 0.293. The molecule has 0 radical (unpaired) electrons. The van der Waals surface area contributed by atoms with Crippen molar-refractivity contribution in [3.63, 3.8) is 0 Å². The number of hydrogen-bond donors (Lipinski definition) is 1. The van der Waals surface area contributed by atoms with Crippen molar-refractivity contribution in [2.75, 3.05) is 40.4 Å². The van der Waals surface area contributed by atoms with Crippen molar-refractivity contribution in [2.45, 2.75) is 32.2 Å². The molecule has 0 saturated carbocycles. The molecule has 21 heavy (non-hydrogen) atoms. The average Bonchev–Trinajstić information content (AvgIpc) is 2.77. The van der Waals surface area contributed by atoms with E-state index < -0.39 is 0 Å². The average molecular weight is 292 g/mol. The molecular weight excluding hydrogens is 264 g/mol. The third-order valence-electron chi connectivity index (χ3n) is 4.31. The first kappa shape index (κ1) is 16.1. The molecule has 0 bridgehead atoms. The van der Waals surface area contributed by atoms with Crippen LogP contribution in [0.4, 0.5) is 0 Å². The van der Waals surface area contributed by atoms with Gasteiger partial charge >= 0.3 is 0 Å². The minimum absolute atomic E-state index is 0.691. The summed E-state index contributed by atoms with van der Waals surface area (Å²) in [5.41, 5.74) is 1.30. The summed E-state index contributed by atoms with van der Waals surface area (Å²) in [7, 11) is 3.36. The molecule has 1 aromatic rings. The SMILES string of the molecule is CCC1CCN(CCc2ccc(OC)c(OC)c2)CCN1. The van der Waals surface area contributed by atoms with Gasteiger partial charge in [0.1, 0.15) is 0 Å². The van der Waals surface area contributed by atoms with Gasteiger partial charge in [0.15, 0.2) is 11.5 Å². The van der Waals surface area contributed by atoms with Gasteiger partial charge in [-0.05, 0) is 43.5 Å². The van der Waals surface area contributed by atoms with Crippen LogP contribution in [0.5, 0.6) is 11.5 Å². The van der Waals surface area contributed by atoms with Crippen LogP contribution in [0.3, 0.4) is 0 Å². The number of rotatable bonds is 6. The Labute approximate surface area is 128 Å². The van der Waals surface area contributed by atoms with Crippen molar-refractivity contribution in [1.29, 1.82) is 0 Å². The third-order valence-corrected chi connectivity index (χ3v) is 4.31. The van der Waals surface area contributed by atoms with E-state index in [2.05, 4.69) is 29.3 Å². The van der Waals surface area contributed by atoms with Crippen LogP contribution in [0.2, 0.25) is 0 Å². The maximum absolute atomic E-state index is 5.37. The van der Waals surface area contributed by atoms with Crippen molar-refractivity contribution < 1.29 is 9.47 Å². The van der Waals surface area contributed by atoms with Gasteiger partial charge < -0.3 is 19.7 Å². The van der Waals surface area contributed by atoms with E-state index in [1.54, 1.807) is 14.2 Å². The Morgan fingerprint density at radius 3 is 2.71 bits per heavy atom. The van der Waals surface area contributed by atoms with Gasteiger partial charge in [0.25, 0.3) is 0 Å². The summed E-state index contributed by atoms with van der Waals surface area (Å²) < 4.78 is 10.7. The summed E-state index contributed by atoms with van der Waals surface area (Å²) >= 11 is 0. The van der Waals surface area contributed by atoms with Gasteiger partial charge in [-0.15, -0.1) is 0 Å². The van der Waals surface area contributed by atoms with E-state index >= 15 is 0 Å². The second-order valence-corrected chi connectivity index (χ2v) is 5.63. The highest BCUT2D eigenvalue weighted by Crippen LogP contribution is 2.27. The van der Waals surface area contributed by atoms with Crippen LogP contribution in [-0.4, -0.2) is 51.3 Å². The smallest absolute Gasteiger partial charge is 0.160 e. The molecule has 4 nitrogen and oxygen atoms in total. The second-order valence-electron chi connectivity index (χ2n) is 5.63. The van der Waals surface area contributed by atoms with Gasteiger partial charge in [0.2, 0.25) is 0 Å². The van der Waals surface area contributed by atoms with E-state index in [1.807, 2.05) is 6.07 Å². The summed E-state index contributed by atoms with van der Waals surface area (Å²) in [5.74, 6) is 1.62. The Morgan fingerprint density at radius 2 is 2.00 bits per heavy atom. The van der Waals surface area contributed by atoms with E-state index in [9.17, 15) is 0 Å². The maximum atomic E-state index is 5.37. The lowest BCUT2D eigenvalue weighted by atomic mass is 10.1. The topological polar surface area (TPSA) is 33.7 Å².